The third-order valence-corrected chi connectivity index (χ3v) is 3.47. The van der Waals surface area contributed by atoms with Crippen LogP contribution in [-0.2, 0) is 11.8 Å². The fraction of sp³-hybridized carbons (Fsp3) is 0.200. The van der Waals surface area contributed by atoms with E-state index in [1.165, 1.54) is 37.3 Å². The molecule has 2 N–H and O–H groups in total. The van der Waals surface area contributed by atoms with Gasteiger partial charge in [-0.15, -0.1) is 0 Å². The van der Waals surface area contributed by atoms with Gasteiger partial charge in [0.25, 0.3) is 0 Å². The molecular formula is C15H12ClF3O2. The van der Waals surface area contributed by atoms with Gasteiger partial charge in [-0.3, -0.25) is 0 Å². The third-order valence-electron chi connectivity index (χ3n) is 3.24. The van der Waals surface area contributed by atoms with Gasteiger partial charge in [0, 0.05) is 10.6 Å². The Labute approximate surface area is 124 Å². The molecule has 0 radical (unpaired) electrons. The van der Waals surface area contributed by atoms with Crippen LogP contribution in [-0.4, -0.2) is 10.2 Å². The molecule has 2 rings (SSSR count). The summed E-state index contributed by atoms with van der Waals surface area (Å²) in [6, 6.07) is 8.33. The number of hydrogen-bond acceptors (Lipinski definition) is 2. The van der Waals surface area contributed by atoms with Crippen molar-refractivity contribution in [1.82, 2.24) is 0 Å². The second-order valence-corrected chi connectivity index (χ2v) is 5.25. The third kappa shape index (κ3) is 3.14. The summed E-state index contributed by atoms with van der Waals surface area (Å²) in [4.78, 5) is 0. The van der Waals surface area contributed by atoms with E-state index in [9.17, 15) is 23.4 Å². The number of aliphatic hydroxyl groups is 1. The second-order valence-electron chi connectivity index (χ2n) is 4.81. The molecule has 0 spiro atoms. The summed E-state index contributed by atoms with van der Waals surface area (Å²) in [7, 11) is 0. The zero-order valence-electron chi connectivity index (χ0n) is 10.9. The first kappa shape index (κ1) is 15.7. The Morgan fingerprint density at radius 2 is 1.62 bits per heavy atom. The molecule has 2 aromatic rings. The minimum atomic E-state index is -4.51. The van der Waals surface area contributed by atoms with Crippen molar-refractivity contribution in [3.8, 4) is 5.75 Å². The fourth-order valence-corrected chi connectivity index (χ4v) is 2.22. The molecule has 0 fully saturated rings. The number of aromatic hydroxyl groups is 1. The molecule has 112 valence electrons. The van der Waals surface area contributed by atoms with Gasteiger partial charge in [-0.05, 0) is 42.8 Å². The number of halogens is 4. The van der Waals surface area contributed by atoms with Gasteiger partial charge in [-0.25, -0.2) is 0 Å². The van der Waals surface area contributed by atoms with Crippen LogP contribution in [0.4, 0.5) is 13.2 Å². The Bertz CT molecular complexity index is 666. The molecule has 6 heteroatoms. The molecule has 0 saturated heterocycles. The molecule has 1 atom stereocenters. The highest BCUT2D eigenvalue weighted by Gasteiger charge is 2.34. The summed E-state index contributed by atoms with van der Waals surface area (Å²) in [6.07, 6.45) is -4.51. The molecule has 0 amide bonds. The maximum Gasteiger partial charge on any atom is 0.416 e. The van der Waals surface area contributed by atoms with Crippen molar-refractivity contribution in [2.24, 2.45) is 0 Å². The Hall–Kier alpha value is -1.72. The molecule has 2 nitrogen and oxygen atoms in total. The summed E-state index contributed by atoms with van der Waals surface area (Å²) < 4.78 is 38.2. The average Bonchev–Trinajstić information content (AvgIpc) is 2.40. The Balaban J connectivity index is 2.56. The van der Waals surface area contributed by atoms with Gasteiger partial charge in [-0.1, -0.05) is 23.7 Å². The summed E-state index contributed by atoms with van der Waals surface area (Å²) in [5.41, 5.74) is -2.64. The first-order valence-electron chi connectivity index (χ1n) is 6.01. The van der Waals surface area contributed by atoms with Crippen LogP contribution in [0.3, 0.4) is 0 Å². The van der Waals surface area contributed by atoms with Crippen LogP contribution in [0, 0.1) is 0 Å². The number of phenols is 1. The highest BCUT2D eigenvalue weighted by Crippen LogP contribution is 2.38. The van der Waals surface area contributed by atoms with E-state index >= 15 is 0 Å². The van der Waals surface area contributed by atoms with Crippen molar-refractivity contribution in [2.45, 2.75) is 18.7 Å². The van der Waals surface area contributed by atoms with Gasteiger partial charge >= 0.3 is 6.18 Å². The van der Waals surface area contributed by atoms with Crippen LogP contribution in [0.25, 0.3) is 0 Å². The molecule has 2 aromatic carbocycles. The lowest BCUT2D eigenvalue weighted by Crippen LogP contribution is -2.23. The van der Waals surface area contributed by atoms with Gasteiger partial charge in [0.05, 0.1) is 5.56 Å². The monoisotopic (exact) mass is 316 g/mol. The van der Waals surface area contributed by atoms with Crippen LogP contribution < -0.4 is 0 Å². The summed E-state index contributed by atoms with van der Waals surface area (Å²) in [6.45, 7) is 1.30. The van der Waals surface area contributed by atoms with Gasteiger partial charge in [0.1, 0.15) is 11.4 Å². The van der Waals surface area contributed by atoms with Crippen LogP contribution in [0.1, 0.15) is 23.6 Å². The van der Waals surface area contributed by atoms with Crippen LogP contribution in [0.5, 0.6) is 5.75 Å². The molecule has 0 aliphatic heterocycles. The van der Waals surface area contributed by atoms with Crippen molar-refractivity contribution in [2.75, 3.05) is 0 Å². The lowest BCUT2D eigenvalue weighted by atomic mass is 9.87. The number of benzene rings is 2. The molecule has 0 bridgehead atoms. The van der Waals surface area contributed by atoms with Crippen molar-refractivity contribution in [3.05, 3.63) is 64.2 Å². The molecule has 0 heterocycles. The van der Waals surface area contributed by atoms with Crippen LogP contribution >= 0.6 is 11.6 Å². The zero-order valence-corrected chi connectivity index (χ0v) is 11.7. The summed E-state index contributed by atoms with van der Waals surface area (Å²) >= 11 is 5.81. The minimum Gasteiger partial charge on any atom is -0.508 e. The molecule has 1 unspecified atom stereocenters. The number of hydrogen-bond donors (Lipinski definition) is 2. The van der Waals surface area contributed by atoms with Gasteiger partial charge < -0.3 is 10.2 Å². The molecule has 0 aromatic heterocycles. The largest absolute Gasteiger partial charge is 0.508 e. The SMILES string of the molecule is CC(O)(c1cccc(C(F)(F)F)c1)c1cc(Cl)ccc1O. The quantitative estimate of drug-likeness (QED) is 0.866. The van der Waals surface area contributed by atoms with Gasteiger partial charge in [0.15, 0.2) is 0 Å². The first-order chi connectivity index (χ1) is 9.62. The second kappa shape index (κ2) is 5.24. The Morgan fingerprint density at radius 1 is 1.00 bits per heavy atom. The standard InChI is InChI=1S/C15H12ClF3O2/c1-14(21,12-8-11(16)5-6-13(12)20)9-3-2-4-10(7-9)15(17,18)19/h2-8,20-21H,1H3. The molecular weight excluding hydrogens is 305 g/mol. The molecule has 0 aliphatic carbocycles. The van der Waals surface area contributed by atoms with Gasteiger partial charge in [-0.2, -0.15) is 13.2 Å². The van der Waals surface area contributed by atoms with E-state index in [0.29, 0.717) is 0 Å². The summed E-state index contributed by atoms with van der Waals surface area (Å²) in [5.74, 6) is -0.248. The van der Waals surface area contributed by atoms with Crippen molar-refractivity contribution in [1.29, 1.82) is 0 Å². The smallest absolute Gasteiger partial charge is 0.416 e. The summed E-state index contributed by atoms with van der Waals surface area (Å²) in [5, 5.41) is 20.6. The normalized spacial score (nSPS) is 14.8. The number of phenolic OH excluding ortho intramolecular Hbond substituents is 1. The predicted molar refractivity (Wildman–Crippen MR) is 73.2 cm³/mol. The predicted octanol–water partition coefficient (Wildman–Crippen LogP) is 4.32. The van der Waals surface area contributed by atoms with Gasteiger partial charge in [0.2, 0.25) is 0 Å². The highest BCUT2D eigenvalue weighted by atomic mass is 35.5. The zero-order chi connectivity index (χ0) is 15.8. The number of rotatable bonds is 2. The topological polar surface area (TPSA) is 40.5 Å². The molecule has 0 saturated carbocycles. The highest BCUT2D eigenvalue weighted by molar-refractivity contribution is 6.30. The lowest BCUT2D eigenvalue weighted by molar-refractivity contribution is -0.137. The van der Waals surface area contributed by atoms with E-state index in [4.69, 9.17) is 11.6 Å². The van der Waals surface area contributed by atoms with Crippen LogP contribution in [0.2, 0.25) is 5.02 Å². The van der Waals surface area contributed by atoms with Crippen molar-refractivity contribution in [3.63, 3.8) is 0 Å². The van der Waals surface area contributed by atoms with Crippen LogP contribution in [0.15, 0.2) is 42.5 Å². The average molecular weight is 317 g/mol. The Morgan fingerprint density at radius 3 is 2.24 bits per heavy atom. The van der Waals surface area contributed by atoms with E-state index in [1.807, 2.05) is 0 Å². The van der Waals surface area contributed by atoms with Crippen molar-refractivity contribution < 1.29 is 23.4 Å². The van der Waals surface area contributed by atoms with E-state index in [0.717, 1.165) is 12.1 Å². The molecule has 21 heavy (non-hydrogen) atoms. The minimum absolute atomic E-state index is 0.00916. The fourth-order valence-electron chi connectivity index (χ4n) is 2.05. The van der Waals surface area contributed by atoms with E-state index in [1.54, 1.807) is 0 Å². The maximum atomic E-state index is 12.7. The van der Waals surface area contributed by atoms with Crippen molar-refractivity contribution >= 4 is 11.6 Å². The van der Waals surface area contributed by atoms with E-state index < -0.39 is 17.3 Å². The lowest BCUT2D eigenvalue weighted by Gasteiger charge is -2.26. The Kier molecular flexibility index (Phi) is 3.91. The maximum absolute atomic E-state index is 12.7. The number of alkyl halides is 3. The first-order valence-corrected chi connectivity index (χ1v) is 6.39. The molecule has 0 aliphatic rings. The van der Waals surface area contributed by atoms with E-state index in [2.05, 4.69) is 0 Å². The van der Waals surface area contributed by atoms with E-state index in [-0.39, 0.29) is 21.9 Å².